The van der Waals surface area contributed by atoms with E-state index in [2.05, 4.69) is 22.6 Å². The van der Waals surface area contributed by atoms with E-state index in [1.807, 2.05) is 47.8 Å². The van der Waals surface area contributed by atoms with Gasteiger partial charge in [-0.25, -0.2) is 4.98 Å². The molecule has 5 nitrogen and oxygen atoms in total. The van der Waals surface area contributed by atoms with E-state index in [0.29, 0.717) is 22.7 Å². The summed E-state index contributed by atoms with van der Waals surface area (Å²) in [6.45, 7) is 3.48. The Hall–Kier alpha value is -3.25. The van der Waals surface area contributed by atoms with Gasteiger partial charge in [0.05, 0.1) is 11.4 Å². The van der Waals surface area contributed by atoms with Gasteiger partial charge in [-0.15, -0.1) is 11.3 Å². The average Bonchev–Trinajstić information content (AvgIpc) is 3.30. The van der Waals surface area contributed by atoms with E-state index in [1.54, 1.807) is 25.2 Å². The lowest BCUT2D eigenvalue weighted by molar-refractivity contribution is 0.102. The first kappa shape index (κ1) is 17.2. The molecule has 134 valence electrons. The molecule has 4 aromatic rings. The van der Waals surface area contributed by atoms with Gasteiger partial charge in [0.2, 0.25) is 0 Å². The second-order valence-corrected chi connectivity index (χ2v) is 6.99. The van der Waals surface area contributed by atoms with E-state index < -0.39 is 0 Å². The molecule has 0 spiro atoms. The molecule has 0 aliphatic heterocycles. The first-order chi connectivity index (χ1) is 13.1. The van der Waals surface area contributed by atoms with Crippen LogP contribution in [-0.4, -0.2) is 16.0 Å². The van der Waals surface area contributed by atoms with Gasteiger partial charge in [0.1, 0.15) is 16.3 Å². The topological polar surface area (TPSA) is 68.0 Å². The fourth-order valence-electron chi connectivity index (χ4n) is 2.84. The molecule has 2 aromatic heterocycles. The van der Waals surface area contributed by atoms with Crippen molar-refractivity contribution < 1.29 is 9.32 Å². The Labute approximate surface area is 160 Å². The van der Waals surface area contributed by atoms with E-state index >= 15 is 0 Å². The zero-order valence-corrected chi connectivity index (χ0v) is 15.7. The van der Waals surface area contributed by atoms with Crippen LogP contribution in [0.5, 0.6) is 0 Å². The molecule has 2 aromatic carbocycles. The number of carbonyl (C=O) groups excluding carboxylic acids is 1. The van der Waals surface area contributed by atoms with Crippen LogP contribution in [0.4, 0.5) is 5.69 Å². The molecule has 2 heterocycles. The zero-order chi connectivity index (χ0) is 18.8. The second kappa shape index (κ2) is 7.17. The fourth-order valence-corrected chi connectivity index (χ4v) is 3.68. The van der Waals surface area contributed by atoms with Crippen molar-refractivity contribution in [3.05, 3.63) is 77.0 Å². The summed E-state index contributed by atoms with van der Waals surface area (Å²) in [5, 5.41) is 9.72. The molecular weight excluding hydrogens is 358 g/mol. The third kappa shape index (κ3) is 3.52. The van der Waals surface area contributed by atoms with Gasteiger partial charge < -0.3 is 9.84 Å². The quantitative estimate of drug-likeness (QED) is 0.523. The number of carbonyl (C=O) groups is 1. The predicted molar refractivity (Wildman–Crippen MR) is 107 cm³/mol. The molecule has 1 amide bonds. The van der Waals surface area contributed by atoms with Gasteiger partial charge in [-0.05, 0) is 26.0 Å². The van der Waals surface area contributed by atoms with Crippen molar-refractivity contribution >= 4 is 22.9 Å². The number of hydrogen-bond donors (Lipinski definition) is 1. The molecule has 0 aliphatic rings. The van der Waals surface area contributed by atoms with E-state index in [9.17, 15) is 4.79 Å². The van der Waals surface area contributed by atoms with Crippen molar-refractivity contribution in [2.75, 3.05) is 5.32 Å². The minimum atomic E-state index is -0.223. The van der Waals surface area contributed by atoms with E-state index in [4.69, 9.17) is 9.51 Å². The van der Waals surface area contributed by atoms with Gasteiger partial charge in [0.25, 0.3) is 5.91 Å². The smallest absolute Gasteiger partial charge is 0.261 e. The summed E-state index contributed by atoms with van der Waals surface area (Å²) < 4.78 is 5.05. The fraction of sp³-hybridized carbons (Fsp3) is 0.0952. The van der Waals surface area contributed by atoms with Gasteiger partial charge in [0, 0.05) is 22.2 Å². The van der Waals surface area contributed by atoms with Gasteiger partial charge >= 0.3 is 0 Å². The summed E-state index contributed by atoms with van der Waals surface area (Å²) in [5.74, 6) is 0.288. The Morgan fingerprint density at radius 3 is 2.41 bits per heavy atom. The summed E-state index contributed by atoms with van der Waals surface area (Å²) in [6, 6.07) is 17.7. The largest absolute Gasteiger partial charge is 0.361 e. The lowest BCUT2D eigenvalue weighted by atomic mass is 10.1. The Morgan fingerprint density at radius 1 is 1.00 bits per heavy atom. The summed E-state index contributed by atoms with van der Waals surface area (Å²) in [6.07, 6.45) is 0. The van der Waals surface area contributed by atoms with E-state index in [0.717, 1.165) is 21.8 Å². The van der Waals surface area contributed by atoms with Gasteiger partial charge in [-0.1, -0.05) is 47.6 Å². The number of benzene rings is 2. The molecule has 1 N–H and O–H groups in total. The number of thiazole rings is 1. The lowest BCUT2D eigenvalue weighted by Gasteiger charge is -2.05. The molecule has 0 atom stereocenters. The summed E-state index contributed by atoms with van der Waals surface area (Å²) in [5.41, 5.74) is 4.80. The third-order valence-electron chi connectivity index (χ3n) is 4.22. The van der Waals surface area contributed by atoms with Crippen molar-refractivity contribution in [2.45, 2.75) is 13.8 Å². The molecule has 0 unspecified atom stereocenters. The van der Waals surface area contributed by atoms with Crippen molar-refractivity contribution in [3.63, 3.8) is 0 Å². The number of aryl methyl sites for hydroxylation is 2. The monoisotopic (exact) mass is 375 g/mol. The Kier molecular flexibility index (Phi) is 4.56. The van der Waals surface area contributed by atoms with E-state index in [-0.39, 0.29) is 5.91 Å². The maximum Gasteiger partial charge on any atom is 0.261 e. The van der Waals surface area contributed by atoms with Gasteiger partial charge in [-0.3, -0.25) is 4.79 Å². The average molecular weight is 375 g/mol. The highest BCUT2D eigenvalue weighted by molar-refractivity contribution is 7.13. The molecule has 4 rings (SSSR count). The van der Waals surface area contributed by atoms with Gasteiger partial charge in [-0.2, -0.15) is 0 Å². The van der Waals surface area contributed by atoms with Crippen LogP contribution < -0.4 is 5.32 Å². The normalized spacial score (nSPS) is 10.7. The SMILES string of the molecule is Cc1noc(C)c1C(=O)Nc1ccc(-c2csc(-c3ccccc3)n2)cc1. The first-order valence-corrected chi connectivity index (χ1v) is 9.35. The van der Waals surface area contributed by atoms with Crippen molar-refractivity contribution in [3.8, 4) is 21.8 Å². The van der Waals surface area contributed by atoms with Crippen LogP contribution in [0.15, 0.2) is 64.5 Å². The van der Waals surface area contributed by atoms with E-state index in [1.165, 1.54) is 0 Å². The molecule has 0 bridgehead atoms. The van der Waals surface area contributed by atoms with Crippen molar-refractivity contribution in [1.29, 1.82) is 0 Å². The molecule has 27 heavy (non-hydrogen) atoms. The zero-order valence-electron chi connectivity index (χ0n) is 14.9. The Balaban J connectivity index is 1.51. The maximum atomic E-state index is 12.4. The highest BCUT2D eigenvalue weighted by atomic mass is 32.1. The first-order valence-electron chi connectivity index (χ1n) is 8.47. The van der Waals surface area contributed by atoms with Crippen LogP contribution in [-0.2, 0) is 0 Å². The number of anilines is 1. The minimum Gasteiger partial charge on any atom is -0.361 e. The molecule has 0 saturated heterocycles. The lowest BCUT2D eigenvalue weighted by Crippen LogP contribution is -2.13. The van der Waals surface area contributed by atoms with Crippen LogP contribution in [0, 0.1) is 13.8 Å². The molecule has 0 aliphatic carbocycles. The Bertz CT molecular complexity index is 1060. The highest BCUT2D eigenvalue weighted by Gasteiger charge is 2.17. The Morgan fingerprint density at radius 2 is 1.74 bits per heavy atom. The number of amides is 1. The van der Waals surface area contributed by atoms with Crippen LogP contribution >= 0.6 is 11.3 Å². The molecule has 0 saturated carbocycles. The van der Waals surface area contributed by atoms with Gasteiger partial charge in [0.15, 0.2) is 0 Å². The second-order valence-electron chi connectivity index (χ2n) is 6.13. The number of aromatic nitrogens is 2. The molecule has 0 fully saturated rings. The number of nitrogens with one attached hydrogen (secondary N) is 1. The summed E-state index contributed by atoms with van der Waals surface area (Å²) in [7, 11) is 0. The molecule has 6 heteroatoms. The summed E-state index contributed by atoms with van der Waals surface area (Å²) in [4.78, 5) is 17.1. The van der Waals surface area contributed by atoms with Crippen molar-refractivity contribution in [2.24, 2.45) is 0 Å². The highest BCUT2D eigenvalue weighted by Crippen LogP contribution is 2.29. The van der Waals surface area contributed by atoms with Crippen molar-refractivity contribution in [1.82, 2.24) is 10.1 Å². The van der Waals surface area contributed by atoms with Crippen LogP contribution in [0.1, 0.15) is 21.8 Å². The van der Waals surface area contributed by atoms with Crippen LogP contribution in [0.3, 0.4) is 0 Å². The maximum absolute atomic E-state index is 12.4. The van der Waals surface area contributed by atoms with Crippen LogP contribution in [0.2, 0.25) is 0 Å². The number of hydrogen-bond acceptors (Lipinski definition) is 5. The standard InChI is InChI=1S/C21H17N3O2S/c1-13-19(14(2)26-24-13)20(25)22-17-10-8-15(9-11-17)18-12-27-21(23-18)16-6-4-3-5-7-16/h3-12H,1-2H3,(H,22,25). The van der Waals surface area contributed by atoms with Crippen LogP contribution in [0.25, 0.3) is 21.8 Å². The molecular formula is C21H17N3O2S. The molecule has 0 radical (unpaired) electrons. The number of rotatable bonds is 4. The minimum absolute atomic E-state index is 0.223. The predicted octanol–water partition coefficient (Wildman–Crippen LogP) is 5.33. The number of nitrogens with zero attached hydrogens (tertiary/aromatic N) is 2. The summed E-state index contributed by atoms with van der Waals surface area (Å²) >= 11 is 1.62. The third-order valence-corrected chi connectivity index (χ3v) is 5.12.